The Balaban J connectivity index is 1.22. The fraction of sp³-hybridized carbons (Fsp3) is 0.367. The third kappa shape index (κ3) is 4.57. The predicted molar refractivity (Wildman–Crippen MR) is 165 cm³/mol. The van der Waals surface area contributed by atoms with Crippen molar-refractivity contribution in [3.05, 3.63) is 57.3 Å². The van der Waals surface area contributed by atoms with E-state index in [9.17, 15) is 14.9 Å². The second-order valence-electron chi connectivity index (χ2n) is 11.6. The van der Waals surface area contributed by atoms with Gasteiger partial charge < -0.3 is 20.3 Å². The first-order chi connectivity index (χ1) is 21.1. The monoisotopic (exact) mass is 653 g/mol. The van der Waals surface area contributed by atoms with Crippen molar-refractivity contribution < 1.29 is 18.7 Å². The molecule has 0 spiro atoms. The van der Waals surface area contributed by atoms with E-state index in [2.05, 4.69) is 16.2 Å². The maximum absolute atomic E-state index is 16.0. The summed E-state index contributed by atoms with van der Waals surface area (Å²) in [5.74, 6) is -0.375. The van der Waals surface area contributed by atoms with Crippen LogP contribution in [-0.2, 0) is 0 Å². The zero-order valence-corrected chi connectivity index (χ0v) is 25.9. The molecule has 2 aliphatic heterocycles. The molecule has 2 aromatic heterocycles. The number of amides is 2. The number of rotatable bonds is 4. The summed E-state index contributed by atoms with van der Waals surface area (Å²) in [7, 11) is 0. The number of hydrogen-bond acceptors (Lipinski definition) is 8. The molecule has 2 fully saturated rings. The number of halogens is 3. The van der Waals surface area contributed by atoms with E-state index in [1.165, 1.54) is 16.0 Å². The minimum absolute atomic E-state index is 0.00616. The number of hydrogen-bond donors (Lipinski definition) is 1. The molecule has 7 rings (SSSR count). The topological polar surface area (TPSA) is 130 Å². The van der Waals surface area contributed by atoms with Crippen LogP contribution in [-0.4, -0.2) is 68.3 Å². The Morgan fingerprint density at radius 2 is 2.09 bits per heavy atom. The van der Waals surface area contributed by atoms with Crippen LogP contribution in [0.3, 0.4) is 0 Å². The second kappa shape index (κ2) is 10.6. The van der Waals surface area contributed by atoms with Gasteiger partial charge in [-0.25, -0.2) is 14.2 Å². The molecular formula is C30H26Cl2FN7O3S. The van der Waals surface area contributed by atoms with Crippen LogP contribution >= 0.6 is 34.5 Å². The minimum atomic E-state index is -0.727. The van der Waals surface area contributed by atoms with Crippen molar-refractivity contribution in [1.82, 2.24) is 24.6 Å². The second-order valence-corrected chi connectivity index (χ2v) is 13.4. The van der Waals surface area contributed by atoms with Gasteiger partial charge in [-0.15, -0.1) is 16.4 Å². The van der Waals surface area contributed by atoms with E-state index in [1.54, 1.807) is 28.0 Å². The van der Waals surface area contributed by atoms with Gasteiger partial charge in [0.1, 0.15) is 22.7 Å². The van der Waals surface area contributed by atoms with E-state index < -0.39 is 17.3 Å². The van der Waals surface area contributed by atoms with Gasteiger partial charge in [-0.05, 0) is 61.9 Å². The number of anilines is 1. The molecule has 14 heteroatoms. The number of nitrogens with zero attached hydrogens (tertiary/aromatic N) is 6. The lowest BCUT2D eigenvalue weighted by Crippen LogP contribution is -2.66. The van der Waals surface area contributed by atoms with Crippen molar-refractivity contribution in [2.75, 3.05) is 32.0 Å². The van der Waals surface area contributed by atoms with E-state index in [4.69, 9.17) is 33.7 Å². The molecule has 4 aromatic rings. The van der Waals surface area contributed by atoms with E-state index in [-0.39, 0.29) is 57.8 Å². The lowest BCUT2D eigenvalue weighted by molar-refractivity contribution is 0.00656. The van der Waals surface area contributed by atoms with Gasteiger partial charge in [0.25, 0.3) is 5.91 Å². The molecule has 10 nitrogen and oxygen atoms in total. The van der Waals surface area contributed by atoms with Gasteiger partial charge in [0.2, 0.25) is 5.28 Å². The molecule has 1 saturated carbocycles. The fourth-order valence-corrected chi connectivity index (χ4v) is 7.61. The smallest absolute Gasteiger partial charge is 0.347 e. The summed E-state index contributed by atoms with van der Waals surface area (Å²) in [5, 5.41) is 14.7. The number of carbonyl (C=O) groups excluding carboxylic acids is 2. The molecule has 2 N–H and O–H groups in total. The minimum Gasteiger partial charge on any atom is -0.491 e. The summed E-state index contributed by atoms with van der Waals surface area (Å²) in [6.07, 6.45) is 3.02. The number of aromatic nitrogens is 3. The van der Waals surface area contributed by atoms with Crippen molar-refractivity contribution in [3.8, 4) is 22.9 Å². The van der Waals surface area contributed by atoms with Crippen LogP contribution in [0.2, 0.25) is 10.3 Å². The number of nitrogens with two attached hydrogens (primary N) is 1. The standard InChI is InChI=1S/C30H26Cl2FN7O3S/c1-30(8-10-39(30)29(42)40-26(15-6-7-15)36-28(32)37-40)14-38-9-3-11-43-24-17(27(38)41)12-19(33)22(23(24)31)16-4-2-5-20-21(16)18(13-34)25(35)44-20/h2,4-5,12,15H,3,6-11,14,35H2,1H3. The molecule has 4 heterocycles. The molecule has 1 aliphatic carbocycles. The summed E-state index contributed by atoms with van der Waals surface area (Å²) in [5.41, 5.74) is 6.06. The Hall–Kier alpha value is -3.92. The molecule has 1 saturated heterocycles. The van der Waals surface area contributed by atoms with E-state index in [0.717, 1.165) is 18.9 Å². The summed E-state index contributed by atoms with van der Waals surface area (Å²) in [6.45, 7) is 3.22. The van der Waals surface area contributed by atoms with Crippen LogP contribution in [0.15, 0.2) is 24.3 Å². The van der Waals surface area contributed by atoms with Gasteiger partial charge in [0.15, 0.2) is 5.75 Å². The fourth-order valence-electron chi connectivity index (χ4n) is 6.15. The van der Waals surface area contributed by atoms with Gasteiger partial charge in [0, 0.05) is 41.2 Å². The highest BCUT2D eigenvalue weighted by atomic mass is 35.5. The summed E-state index contributed by atoms with van der Waals surface area (Å²) < 4.78 is 24.0. The van der Waals surface area contributed by atoms with Gasteiger partial charge in [0.05, 0.1) is 28.3 Å². The van der Waals surface area contributed by atoms with Gasteiger partial charge in [-0.1, -0.05) is 23.7 Å². The number of carbonyl (C=O) groups is 2. The molecule has 226 valence electrons. The SMILES string of the molecule is CC1(CN2CCCOc3c(cc(F)c(-c4cccc5sc(N)c(C#N)c45)c3Cl)C2=O)CCN1C(=O)n1nc(Cl)nc1C1CC1. The van der Waals surface area contributed by atoms with E-state index in [0.29, 0.717) is 52.4 Å². The highest BCUT2D eigenvalue weighted by Crippen LogP contribution is 2.47. The van der Waals surface area contributed by atoms with Crippen molar-refractivity contribution in [2.24, 2.45) is 0 Å². The number of fused-ring (bicyclic) bond motifs is 2. The maximum Gasteiger partial charge on any atom is 0.347 e. The molecule has 2 amide bonds. The van der Waals surface area contributed by atoms with E-state index in [1.807, 2.05) is 6.92 Å². The molecule has 2 aromatic carbocycles. The lowest BCUT2D eigenvalue weighted by atomic mass is 9.86. The predicted octanol–water partition coefficient (Wildman–Crippen LogP) is 6.29. The number of thiophene rings is 1. The third-order valence-electron chi connectivity index (χ3n) is 8.65. The molecule has 3 aliphatic rings. The Labute approximate surface area is 265 Å². The van der Waals surface area contributed by atoms with Crippen molar-refractivity contribution in [1.29, 1.82) is 5.26 Å². The molecule has 0 radical (unpaired) electrons. The molecule has 0 bridgehead atoms. The average molecular weight is 655 g/mol. The number of benzene rings is 2. The molecule has 44 heavy (non-hydrogen) atoms. The average Bonchev–Trinajstić information content (AvgIpc) is 3.67. The number of nitriles is 1. The maximum atomic E-state index is 16.0. The number of ether oxygens (including phenoxy) is 1. The van der Waals surface area contributed by atoms with Crippen molar-refractivity contribution in [2.45, 2.75) is 44.1 Å². The zero-order chi connectivity index (χ0) is 30.9. The van der Waals surface area contributed by atoms with Gasteiger partial charge in [-0.3, -0.25) is 4.79 Å². The van der Waals surface area contributed by atoms with Crippen LogP contribution in [0.25, 0.3) is 21.2 Å². The summed E-state index contributed by atoms with van der Waals surface area (Å²) >= 11 is 14.1. The molecule has 1 atom stereocenters. The quantitative estimate of drug-likeness (QED) is 0.274. The normalized spacial score (nSPS) is 20.0. The first-order valence-corrected chi connectivity index (χ1v) is 15.8. The van der Waals surface area contributed by atoms with Crippen LogP contribution in [0.4, 0.5) is 14.2 Å². The summed E-state index contributed by atoms with van der Waals surface area (Å²) in [4.78, 5) is 35.1. The zero-order valence-electron chi connectivity index (χ0n) is 23.6. The first-order valence-electron chi connectivity index (χ1n) is 14.2. The Morgan fingerprint density at radius 1 is 1.30 bits per heavy atom. The number of nitrogen functional groups attached to an aromatic ring is 1. The van der Waals surface area contributed by atoms with Crippen molar-refractivity contribution in [3.63, 3.8) is 0 Å². The van der Waals surface area contributed by atoms with E-state index >= 15 is 4.39 Å². The summed E-state index contributed by atoms with van der Waals surface area (Å²) in [6, 6.07) is 8.13. The molecule has 1 unspecified atom stereocenters. The highest BCUT2D eigenvalue weighted by Gasteiger charge is 2.48. The third-order valence-corrected chi connectivity index (χ3v) is 10.2. The lowest BCUT2D eigenvalue weighted by Gasteiger charge is -2.52. The van der Waals surface area contributed by atoms with Crippen molar-refractivity contribution >= 4 is 61.6 Å². The molecular weight excluding hydrogens is 628 g/mol. The van der Waals surface area contributed by atoms with Crippen LogP contribution in [0.5, 0.6) is 5.75 Å². The number of likely N-dealkylation sites (tertiary alicyclic amines) is 1. The first kappa shape index (κ1) is 28.8. The van der Waals surface area contributed by atoms with Crippen LogP contribution in [0, 0.1) is 17.1 Å². The van der Waals surface area contributed by atoms with Gasteiger partial charge >= 0.3 is 6.03 Å². The Morgan fingerprint density at radius 3 is 2.80 bits per heavy atom. The van der Waals surface area contributed by atoms with Crippen LogP contribution < -0.4 is 10.5 Å². The van der Waals surface area contributed by atoms with Gasteiger partial charge in [-0.2, -0.15) is 9.94 Å². The largest absolute Gasteiger partial charge is 0.491 e. The Bertz CT molecular complexity index is 1920. The highest BCUT2D eigenvalue weighted by molar-refractivity contribution is 7.23. The Kier molecular flexibility index (Phi) is 6.95. The van der Waals surface area contributed by atoms with Crippen LogP contribution in [0.1, 0.15) is 60.3 Å².